The van der Waals surface area contributed by atoms with Gasteiger partial charge in [-0.3, -0.25) is 19.5 Å². The van der Waals surface area contributed by atoms with Gasteiger partial charge in [0.25, 0.3) is 0 Å². The van der Waals surface area contributed by atoms with Crippen LogP contribution >= 0.6 is 24.0 Å². The number of para-hydroxylation sites is 1. The average molecular weight is 497 g/mol. The van der Waals surface area contributed by atoms with Gasteiger partial charge in [-0.2, -0.15) is 0 Å². The normalized spacial score (nSPS) is 14.9. The first-order valence-electron chi connectivity index (χ1n) is 9.50. The van der Waals surface area contributed by atoms with E-state index in [1.165, 1.54) is 15.8 Å². The molecule has 0 aliphatic carbocycles. The van der Waals surface area contributed by atoms with Crippen LogP contribution in [0.5, 0.6) is 0 Å². The summed E-state index contributed by atoms with van der Waals surface area (Å²) < 4.78 is 2.25. The highest BCUT2D eigenvalue weighted by Crippen LogP contribution is 2.15. The van der Waals surface area contributed by atoms with Crippen LogP contribution in [0.25, 0.3) is 10.9 Å². The van der Waals surface area contributed by atoms with Gasteiger partial charge in [-0.1, -0.05) is 18.2 Å². The quantitative estimate of drug-likeness (QED) is 0.203. The SMILES string of the molecule is CN=C(NCCCn1ccc2ccccc21)NCCN1C(=O)CCCC1=O.I. The molecule has 1 fully saturated rings. The standard InChI is InChI=1S/C20H27N5O2.HI/c1-21-20(23-12-15-25-18(26)8-4-9-19(25)27)22-11-5-13-24-14-10-16-6-2-3-7-17(16)24;/h2-3,6-7,10,14H,4-5,8-9,11-13,15H2,1H3,(H2,21,22,23);1H. The van der Waals surface area contributed by atoms with Crippen molar-refractivity contribution < 1.29 is 9.59 Å². The van der Waals surface area contributed by atoms with Crippen LogP contribution in [0.4, 0.5) is 0 Å². The minimum absolute atomic E-state index is 0. The van der Waals surface area contributed by atoms with Crippen molar-refractivity contribution in [2.24, 2.45) is 4.99 Å². The molecule has 0 saturated carbocycles. The van der Waals surface area contributed by atoms with Crippen molar-refractivity contribution in [1.82, 2.24) is 20.1 Å². The fraction of sp³-hybridized carbons (Fsp3) is 0.450. The molecule has 0 unspecified atom stereocenters. The number of benzene rings is 1. The number of hydrogen-bond donors (Lipinski definition) is 2. The maximum Gasteiger partial charge on any atom is 0.229 e. The van der Waals surface area contributed by atoms with Crippen LogP contribution in [-0.2, 0) is 16.1 Å². The molecule has 1 aromatic heterocycles. The van der Waals surface area contributed by atoms with E-state index in [1.54, 1.807) is 7.05 Å². The first kappa shape index (κ1) is 22.2. The second kappa shape index (κ2) is 11.0. The zero-order valence-corrected chi connectivity index (χ0v) is 18.5. The van der Waals surface area contributed by atoms with Crippen LogP contribution in [0.3, 0.4) is 0 Å². The number of imide groups is 1. The molecule has 0 atom stereocenters. The monoisotopic (exact) mass is 497 g/mol. The molecular weight excluding hydrogens is 469 g/mol. The summed E-state index contributed by atoms with van der Waals surface area (Å²) in [5, 5.41) is 7.70. The van der Waals surface area contributed by atoms with Crippen LogP contribution < -0.4 is 10.6 Å². The van der Waals surface area contributed by atoms with E-state index in [2.05, 4.69) is 56.7 Å². The number of fused-ring (bicyclic) bond motifs is 1. The lowest BCUT2D eigenvalue weighted by atomic mass is 10.1. The molecule has 0 bridgehead atoms. The van der Waals surface area contributed by atoms with Crippen molar-refractivity contribution in [2.45, 2.75) is 32.2 Å². The van der Waals surface area contributed by atoms with Gasteiger partial charge in [-0.15, -0.1) is 24.0 Å². The summed E-state index contributed by atoms with van der Waals surface area (Å²) in [6.07, 6.45) is 4.67. The van der Waals surface area contributed by atoms with Gasteiger partial charge in [0, 0.05) is 57.8 Å². The first-order chi connectivity index (χ1) is 13.2. The van der Waals surface area contributed by atoms with E-state index < -0.39 is 0 Å². The Balaban J connectivity index is 0.00000280. The van der Waals surface area contributed by atoms with Crippen LogP contribution in [-0.4, -0.2) is 53.9 Å². The Morgan fingerprint density at radius 2 is 1.75 bits per heavy atom. The predicted molar refractivity (Wildman–Crippen MR) is 122 cm³/mol. The lowest BCUT2D eigenvalue weighted by Crippen LogP contribution is -2.46. The molecule has 1 aliphatic rings. The highest BCUT2D eigenvalue weighted by Gasteiger charge is 2.25. The van der Waals surface area contributed by atoms with Gasteiger partial charge in [-0.25, -0.2) is 0 Å². The van der Waals surface area contributed by atoms with E-state index in [0.29, 0.717) is 38.3 Å². The summed E-state index contributed by atoms with van der Waals surface area (Å²) in [7, 11) is 1.71. The average Bonchev–Trinajstić information content (AvgIpc) is 3.09. The number of likely N-dealkylation sites (tertiary alicyclic amines) is 1. The number of carbonyl (C=O) groups excluding carboxylic acids is 2. The number of nitrogens with zero attached hydrogens (tertiary/aromatic N) is 3. The Bertz CT molecular complexity index is 817. The maximum atomic E-state index is 11.8. The molecule has 1 saturated heterocycles. The van der Waals surface area contributed by atoms with Gasteiger partial charge in [0.1, 0.15) is 0 Å². The maximum absolute atomic E-state index is 11.8. The van der Waals surface area contributed by atoms with Gasteiger partial charge in [0.05, 0.1) is 0 Å². The van der Waals surface area contributed by atoms with Crippen LogP contribution in [0, 0.1) is 0 Å². The molecule has 8 heteroatoms. The molecule has 3 rings (SSSR count). The van der Waals surface area contributed by atoms with Crippen molar-refractivity contribution >= 4 is 52.7 Å². The number of aliphatic imine (C=N–C) groups is 1. The van der Waals surface area contributed by atoms with E-state index in [-0.39, 0.29) is 35.8 Å². The van der Waals surface area contributed by atoms with Gasteiger partial charge >= 0.3 is 0 Å². The highest BCUT2D eigenvalue weighted by molar-refractivity contribution is 14.0. The second-order valence-electron chi connectivity index (χ2n) is 6.64. The van der Waals surface area contributed by atoms with E-state index in [4.69, 9.17) is 0 Å². The third-order valence-corrected chi connectivity index (χ3v) is 4.78. The predicted octanol–water partition coefficient (Wildman–Crippen LogP) is 2.35. The summed E-state index contributed by atoms with van der Waals surface area (Å²) >= 11 is 0. The zero-order chi connectivity index (χ0) is 19.1. The van der Waals surface area contributed by atoms with Crippen molar-refractivity contribution in [3.8, 4) is 0 Å². The molecule has 7 nitrogen and oxygen atoms in total. The number of piperidine rings is 1. The second-order valence-corrected chi connectivity index (χ2v) is 6.64. The summed E-state index contributed by atoms with van der Waals surface area (Å²) in [6, 6.07) is 10.5. The summed E-state index contributed by atoms with van der Waals surface area (Å²) in [6.45, 7) is 2.59. The summed E-state index contributed by atoms with van der Waals surface area (Å²) in [5.74, 6) is 0.536. The number of amides is 2. The van der Waals surface area contributed by atoms with Gasteiger partial charge in [0.15, 0.2) is 5.96 Å². The number of aryl methyl sites for hydroxylation is 1. The molecule has 0 radical (unpaired) electrons. The molecule has 2 amide bonds. The first-order valence-corrected chi connectivity index (χ1v) is 9.50. The largest absolute Gasteiger partial charge is 0.356 e. The van der Waals surface area contributed by atoms with Crippen LogP contribution in [0.2, 0.25) is 0 Å². The van der Waals surface area contributed by atoms with Crippen molar-refractivity contribution in [3.63, 3.8) is 0 Å². The number of guanidine groups is 1. The molecule has 28 heavy (non-hydrogen) atoms. The van der Waals surface area contributed by atoms with Crippen molar-refractivity contribution in [2.75, 3.05) is 26.7 Å². The number of rotatable bonds is 7. The van der Waals surface area contributed by atoms with E-state index in [9.17, 15) is 9.59 Å². The lowest BCUT2D eigenvalue weighted by Gasteiger charge is -2.25. The minimum atomic E-state index is -0.0741. The van der Waals surface area contributed by atoms with Gasteiger partial charge in [0.2, 0.25) is 11.8 Å². The number of hydrogen-bond acceptors (Lipinski definition) is 3. The zero-order valence-electron chi connectivity index (χ0n) is 16.2. The molecule has 1 aromatic carbocycles. The highest BCUT2D eigenvalue weighted by atomic mass is 127. The molecule has 0 spiro atoms. The van der Waals surface area contributed by atoms with E-state index in [0.717, 1.165) is 19.5 Å². The number of nitrogens with one attached hydrogen (secondary N) is 2. The smallest absolute Gasteiger partial charge is 0.229 e. The molecular formula is C20H28IN5O2. The topological polar surface area (TPSA) is 78.7 Å². The third-order valence-electron chi connectivity index (χ3n) is 4.78. The van der Waals surface area contributed by atoms with Crippen molar-refractivity contribution in [1.29, 1.82) is 0 Å². The Morgan fingerprint density at radius 3 is 2.50 bits per heavy atom. The molecule has 2 aromatic rings. The Hall–Kier alpha value is -2.10. The number of aromatic nitrogens is 1. The summed E-state index contributed by atoms with van der Waals surface area (Å²) in [5.41, 5.74) is 1.25. The van der Waals surface area contributed by atoms with Gasteiger partial charge in [-0.05, 0) is 30.4 Å². The number of carbonyl (C=O) groups is 2. The molecule has 2 heterocycles. The lowest BCUT2D eigenvalue weighted by molar-refractivity contribution is -0.147. The Labute approximate surface area is 182 Å². The molecule has 152 valence electrons. The Morgan fingerprint density at radius 1 is 1.04 bits per heavy atom. The molecule has 2 N–H and O–H groups in total. The number of halogens is 1. The fourth-order valence-electron chi connectivity index (χ4n) is 3.35. The van der Waals surface area contributed by atoms with Crippen LogP contribution in [0.15, 0.2) is 41.5 Å². The minimum Gasteiger partial charge on any atom is -0.356 e. The van der Waals surface area contributed by atoms with Crippen molar-refractivity contribution in [3.05, 3.63) is 36.5 Å². The fourth-order valence-corrected chi connectivity index (χ4v) is 3.35. The third kappa shape index (κ3) is 5.70. The van der Waals surface area contributed by atoms with E-state index >= 15 is 0 Å². The van der Waals surface area contributed by atoms with Crippen LogP contribution in [0.1, 0.15) is 25.7 Å². The summed E-state index contributed by atoms with van der Waals surface area (Å²) in [4.78, 5) is 29.1. The molecule has 1 aliphatic heterocycles. The van der Waals surface area contributed by atoms with E-state index in [1.807, 2.05) is 0 Å². The Kier molecular flexibility index (Phi) is 8.75. The van der Waals surface area contributed by atoms with Gasteiger partial charge < -0.3 is 15.2 Å².